The number of ether oxygens (including phenoxy) is 1. The van der Waals surface area contributed by atoms with E-state index in [1.165, 1.54) is 13.1 Å². The van der Waals surface area contributed by atoms with Crippen LogP contribution in [0.15, 0.2) is 0 Å². The molecule has 0 N–H and O–H groups in total. The van der Waals surface area contributed by atoms with Gasteiger partial charge in [0.2, 0.25) is 0 Å². The van der Waals surface area contributed by atoms with Gasteiger partial charge in [-0.15, -0.1) is 0 Å². The molecule has 0 aromatic rings. The van der Waals surface area contributed by atoms with E-state index >= 15 is 0 Å². The van der Waals surface area contributed by atoms with Gasteiger partial charge in [-0.05, 0) is 12.2 Å². The third-order valence-corrected chi connectivity index (χ3v) is 2.80. The maximum Gasteiger partial charge on any atom is 0.0519 e. The molecule has 0 amide bonds. The minimum atomic E-state index is 0.668. The zero-order chi connectivity index (χ0) is 8.97. The number of rotatable bonds is 5. The first-order chi connectivity index (χ1) is 5.72. The lowest BCUT2D eigenvalue weighted by molar-refractivity contribution is 0.0414. The first kappa shape index (κ1) is 10.4. The molecule has 1 aliphatic rings. The SMILES string of the molecule is CSN1CC(COCC(C)C)C1. The Morgan fingerprint density at radius 2 is 2.17 bits per heavy atom. The van der Waals surface area contributed by atoms with Crippen molar-refractivity contribution in [3.8, 4) is 0 Å². The van der Waals surface area contributed by atoms with Crippen molar-refractivity contribution < 1.29 is 4.74 Å². The molecule has 72 valence electrons. The van der Waals surface area contributed by atoms with E-state index < -0.39 is 0 Å². The molecule has 0 aromatic carbocycles. The van der Waals surface area contributed by atoms with Crippen LogP contribution in [0.5, 0.6) is 0 Å². The molecule has 3 heteroatoms. The lowest BCUT2D eigenvalue weighted by atomic mass is 10.1. The second-order valence-corrected chi connectivity index (χ2v) is 4.71. The average molecular weight is 189 g/mol. The Bertz CT molecular complexity index is 124. The van der Waals surface area contributed by atoms with E-state index in [2.05, 4.69) is 24.4 Å². The van der Waals surface area contributed by atoms with Gasteiger partial charge in [0.05, 0.1) is 6.61 Å². The Balaban J connectivity index is 1.90. The van der Waals surface area contributed by atoms with Gasteiger partial charge in [-0.1, -0.05) is 25.8 Å². The molecule has 1 fully saturated rings. The molecule has 2 nitrogen and oxygen atoms in total. The summed E-state index contributed by atoms with van der Waals surface area (Å²) >= 11 is 1.83. The van der Waals surface area contributed by atoms with Gasteiger partial charge in [-0.3, -0.25) is 4.31 Å². The Morgan fingerprint density at radius 3 is 2.67 bits per heavy atom. The van der Waals surface area contributed by atoms with Crippen LogP contribution >= 0.6 is 11.9 Å². The van der Waals surface area contributed by atoms with Crippen molar-refractivity contribution in [3.05, 3.63) is 0 Å². The molecule has 0 unspecified atom stereocenters. The van der Waals surface area contributed by atoms with E-state index in [-0.39, 0.29) is 0 Å². The lowest BCUT2D eigenvalue weighted by Crippen LogP contribution is -2.44. The van der Waals surface area contributed by atoms with E-state index in [0.29, 0.717) is 5.92 Å². The highest BCUT2D eigenvalue weighted by molar-refractivity contribution is 7.96. The smallest absolute Gasteiger partial charge is 0.0519 e. The molecule has 12 heavy (non-hydrogen) atoms. The zero-order valence-corrected chi connectivity index (χ0v) is 9.06. The van der Waals surface area contributed by atoms with E-state index in [4.69, 9.17) is 4.74 Å². The summed E-state index contributed by atoms with van der Waals surface area (Å²) < 4.78 is 7.92. The summed E-state index contributed by atoms with van der Waals surface area (Å²) in [4.78, 5) is 0. The van der Waals surface area contributed by atoms with Gasteiger partial charge < -0.3 is 4.74 Å². The van der Waals surface area contributed by atoms with Crippen LogP contribution in [0.3, 0.4) is 0 Å². The summed E-state index contributed by atoms with van der Waals surface area (Å²) in [6, 6.07) is 0. The highest BCUT2D eigenvalue weighted by Gasteiger charge is 2.25. The first-order valence-corrected chi connectivity index (χ1v) is 5.77. The summed E-state index contributed by atoms with van der Waals surface area (Å²) in [6.45, 7) is 8.66. The maximum absolute atomic E-state index is 5.56. The predicted molar refractivity (Wildman–Crippen MR) is 54.2 cm³/mol. The van der Waals surface area contributed by atoms with Crippen LogP contribution in [0.25, 0.3) is 0 Å². The molecule has 0 aliphatic carbocycles. The average Bonchev–Trinajstić information content (AvgIpc) is 1.93. The summed E-state index contributed by atoms with van der Waals surface area (Å²) in [7, 11) is 0. The second kappa shape index (κ2) is 5.10. The van der Waals surface area contributed by atoms with Gasteiger partial charge in [0, 0.05) is 25.6 Å². The third-order valence-electron chi connectivity index (χ3n) is 1.99. The molecule has 1 rings (SSSR count). The summed E-state index contributed by atoms with van der Waals surface area (Å²) in [5.74, 6) is 1.46. The van der Waals surface area contributed by atoms with Gasteiger partial charge in [0.1, 0.15) is 0 Å². The molecule has 1 heterocycles. The van der Waals surface area contributed by atoms with Crippen molar-refractivity contribution >= 4 is 11.9 Å². The van der Waals surface area contributed by atoms with E-state index in [1.54, 1.807) is 0 Å². The fourth-order valence-corrected chi connectivity index (χ4v) is 1.97. The Hall–Kier alpha value is 0.270. The van der Waals surface area contributed by atoms with Crippen molar-refractivity contribution in [3.63, 3.8) is 0 Å². The molecule has 1 aliphatic heterocycles. The van der Waals surface area contributed by atoms with Gasteiger partial charge in [0.15, 0.2) is 0 Å². The third kappa shape index (κ3) is 3.33. The fourth-order valence-electron chi connectivity index (χ4n) is 1.25. The van der Waals surface area contributed by atoms with Crippen LogP contribution in [0, 0.1) is 11.8 Å². The molecule has 0 atom stereocenters. The van der Waals surface area contributed by atoms with Crippen molar-refractivity contribution in [1.82, 2.24) is 4.31 Å². The number of nitrogens with zero attached hydrogens (tertiary/aromatic N) is 1. The van der Waals surface area contributed by atoms with Crippen molar-refractivity contribution in [1.29, 1.82) is 0 Å². The highest BCUT2D eigenvalue weighted by atomic mass is 32.2. The molecule has 0 saturated carbocycles. The van der Waals surface area contributed by atoms with Gasteiger partial charge in [-0.25, -0.2) is 0 Å². The van der Waals surface area contributed by atoms with Crippen molar-refractivity contribution in [2.45, 2.75) is 13.8 Å². The monoisotopic (exact) mass is 189 g/mol. The number of hydrogen-bond donors (Lipinski definition) is 0. The lowest BCUT2D eigenvalue weighted by Gasteiger charge is -2.37. The molecule has 0 spiro atoms. The highest BCUT2D eigenvalue weighted by Crippen LogP contribution is 2.22. The molecule has 0 bridgehead atoms. The van der Waals surface area contributed by atoms with E-state index in [1.807, 2.05) is 11.9 Å². The van der Waals surface area contributed by atoms with Crippen LogP contribution in [0.4, 0.5) is 0 Å². The predicted octanol–water partition coefficient (Wildman–Crippen LogP) is 1.87. The van der Waals surface area contributed by atoms with E-state index in [9.17, 15) is 0 Å². The Morgan fingerprint density at radius 1 is 1.50 bits per heavy atom. The van der Waals surface area contributed by atoms with Crippen LogP contribution in [0.1, 0.15) is 13.8 Å². The Labute approximate surface area is 79.8 Å². The minimum absolute atomic E-state index is 0.668. The largest absolute Gasteiger partial charge is 0.381 e. The van der Waals surface area contributed by atoms with Crippen LogP contribution in [-0.4, -0.2) is 36.9 Å². The minimum Gasteiger partial charge on any atom is -0.381 e. The van der Waals surface area contributed by atoms with Gasteiger partial charge in [-0.2, -0.15) is 0 Å². The zero-order valence-electron chi connectivity index (χ0n) is 8.25. The van der Waals surface area contributed by atoms with Gasteiger partial charge in [0.25, 0.3) is 0 Å². The molecule has 0 radical (unpaired) electrons. The van der Waals surface area contributed by atoms with Gasteiger partial charge >= 0.3 is 0 Å². The van der Waals surface area contributed by atoms with Crippen LogP contribution in [0.2, 0.25) is 0 Å². The second-order valence-electron chi connectivity index (χ2n) is 3.83. The molecular formula is C9H19NOS. The topological polar surface area (TPSA) is 12.5 Å². The number of hydrogen-bond acceptors (Lipinski definition) is 3. The standard InChI is InChI=1S/C9H19NOS/c1-8(2)6-11-7-9-4-10(5-9)12-3/h8-9H,4-7H2,1-3H3. The van der Waals surface area contributed by atoms with Crippen molar-refractivity contribution in [2.24, 2.45) is 11.8 Å². The summed E-state index contributed by atoms with van der Waals surface area (Å²) in [6.07, 6.45) is 2.13. The van der Waals surface area contributed by atoms with Crippen molar-refractivity contribution in [2.75, 3.05) is 32.6 Å². The quantitative estimate of drug-likeness (QED) is 0.613. The molecular weight excluding hydrogens is 170 g/mol. The normalized spacial score (nSPS) is 20.0. The molecule has 1 saturated heterocycles. The van der Waals surface area contributed by atoms with Crippen LogP contribution in [-0.2, 0) is 4.74 Å². The summed E-state index contributed by atoms with van der Waals surface area (Å²) in [5.41, 5.74) is 0. The fraction of sp³-hybridized carbons (Fsp3) is 1.00. The Kier molecular flexibility index (Phi) is 4.40. The molecule has 0 aromatic heterocycles. The first-order valence-electron chi connectivity index (χ1n) is 4.59. The summed E-state index contributed by atoms with van der Waals surface area (Å²) in [5, 5.41) is 0. The maximum atomic E-state index is 5.56. The van der Waals surface area contributed by atoms with E-state index in [0.717, 1.165) is 19.1 Å². The van der Waals surface area contributed by atoms with Crippen LogP contribution < -0.4 is 0 Å².